The monoisotopic (exact) mass is 370 g/mol. The van der Waals surface area contributed by atoms with E-state index in [9.17, 15) is 0 Å². The summed E-state index contributed by atoms with van der Waals surface area (Å²) in [4.78, 5) is 0. The molecule has 0 saturated heterocycles. The van der Waals surface area contributed by atoms with Gasteiger partial charge in [0.1, 0.15) is 13.2 Å². The largest absolute Gasteiger partial charge is 0.487 e. The molecule has 0 bridgehead atoms. The first-order valence-corrected chi connectivity index (χ1v) is 9.04. The lowest BCUT2D eigenvalue weighted by Crippen LogP contribution is -2.16. The Morgan fingerprint density at radius 1 is 0.692 bits per heavy atom. The van der Waals surface area contributed by atoms with Gasteiger partial charge in [-0.25, -0.2) is 0 Å². The van der Waals surface area contributed by atoms with Gasteiger partial charge < -0.3 is 33.2 Å². The maximum Gasteiger partial charge on any atom is 0.161 e. The van der Waals surface area contributed by atoms with Crippen LogP contribution in [0.5, 0.6) is 11.5 Å². The van der Waals surface area contributed by atoms with E-state index in [1.54, 1.807) is 7.11 Å². The molecule has 1 aromatic rings. The second-order valence-electron chi connectivity index (χ2n) is 5.73. The Labute approximate surface area is 155 Å². The topological polar surface area (TPSA) is 64.6 Å². The third-order valence-corrected chi connectivity index (χ3v) is 3.88. The van der Waals surface area contributed by atoms with E-state index in [2.05, 4.69) is 0 Å². The standard InChI is InChI=1S/C19H30O7/c1-16(20-2)17-3-4-18-19(15-17)26-14-12-24-10-8-22-6-5-21-7-9-23-11-13-25-18/h3-4,15-16H,5-14H2,1-2H3. The molecular formula is C19H30O7. The molecule has 0 aromatic heterocycles. The first-order valence-electron chi connectivity index (χ1n) is 9.04. The van der Waals surface area contributed by atoms with E-state index in [1.807, 2.05) is 25.1 Å². The predicted octanol–water partition coefficient (Wildman–Crippen LogP) is 2.23. The zero-order valence-electron chi connectivity index (χ0n) is 15.7. The average Bonchev–Trinajstić information content (AvgIpc) is 2.67. The minimum atomic E-state index is -0.0197. The third-order valence-electron chi connectivity index (χ3n) is 3.88. The van der Waals surface area contributed by atoms with Gasteiger partial charge in [0.25, 0.3) is 0 Å². The Morgan fingerprint density at radius 3 is 1.65 bits per heavy atom. The van der Waals surface area contributed by atoms with E-state index in [1.165, 1.54) is 0 Å². The van der Waals surface area contributed by atoms with Crippen LogP contribution in [0.15, 0.2) is 18.2 Å². The molecule has 7 heteroatoms. The van der Waals surface area contributed by atoms with Gasteiger partial charge in [0.2, 0.25) is 0 Å². The van der Waals surface area contributed by atoms with Crippen LogP contribution in [0.1, 0.15) is 18.6 Å². The average molecular weight is 370 g/mol. The van der Waals surface area contributed by atoms with E-state index in [-0.39, 0.29) is 6.10 Å². The first kappa shape index (κ1) is 20.9. The SMILES string of the molecule is COC(C)c1ccc2c(c1)OCCOCCOCCOCCOCCO2. The van der Waals surface area contributed by atoms with Gasteiger partial charge in [-0.2, -0.15) is 0 Å². The van der Waals surface area contributed by atoms with Crippen LogP contribution in [0.25, 0.3) is 0 Å². The van der Waals surface area contributed by atoms with Crippen LogP contribution in [-0.2, 0) is 23.7 Å². The minimum absolute atomic E-state index is 0.0197. The lowest BCUT2D eigenvalue weighted by Gasteiger charge is -2.17. The highest BCUT2D eigenvalue weighted by Crippen LogP contribution is 2.31. The quantitative estimate of drug-likeness (QED) is 0.791. The van der Waals surface area contributed by atoms with Crippen molar-refractivity contribution in [2.75, 3.05) is 73.2 Å². The molecule has 0 N–H and O–H groups in total. The van der Waals surface area contributed by atoms with Crippen LogP contribution in [0.2, 0.25) is 0 Å². The molecule has 1 atom stereocenters. The Morgan fingerprint density at radius 2 is 1.15 bits per heavy atom. The number of rotatable bonds is 2. The normalized spacial score (nSPS) is 19.9. The predicted molar refractivity (Wildman–Crippen MR) is 96.1 cm³/mol. The molecule has 1 aliphatic heterocycles. The van der Waals surface area contributed by atoms with E-state index in [0.717, 1.165) is 5.56 Å². The fraction of sp³-hybridized carbons (Fsp3) is 0.684. The summed E-state index contributed by atoms with van der Waals surface area (Å²) in [6.45, 7) is 7.06. The van der Waals surface area contributed by atoms with E-state index in [4.69, 9.17) is 33.2 Å². The summed E-state index contributed by atoms with van der Waals surface area (Å²) in [6, 6.07) is 5.82. The fourth-order valence-corrected chi connectivity index (χ4v) is 2.33. The second-order valence-corrected chi connectivity index (χ2v) is 5.73. The number of hydrogen-bond acceptors (Lipinski definition) is 7. The van der Waals surface area contributed by atoms with Crippen molar-refractivity contribution in [3.05, 3.63) is 23.8 Å². The maximum absolute atomic E-state index is 5.86. The number of hydrogen-bond donors (Lipinski definition) is 0. The highest BCUT2D eigenvalue weighted by Gasteiger charge is 2.11. The van der Waals surface area contributed by atoms with Gasteiger partial charge in [0.15, 0.2) is 11.5 Å². The van der Waals surface area contributed by atoms with Crippen molar-refractivity contribution in [2.45, 2.75) is 13.0 Å². The molecule has 7 nitrogen and oxygen atoms in total. The van der Waals surface area contributed by atoms with Crippen LogP contribution in [-0.4, -0.2) is 73.2 Å². The van der Waals surface area contributed by atoms with Crippen LogP contribution in [0.4, 0.5) is 0 Å². The number of benzene rings is 1. The zero-order valence-corrected chi connectivity index (χ0v) is 15.7. The van der Waals surface area contributed by atoms with Crippen molar-refractivity contribution in [2.24, 2.45) is 0 Å². The number of fused-ring (bicyclic) bond motifs is 1. The van der Waals surface area contributed by atoms with Gasteiger partial charge in [-0.3, -0.25) is 0 Å². The van der Waals surface area contributed by atoms with Crippen molar-refractivity contribution in [1.29, 1.82) is 0 Å². The highest BCUT2D eigenvalue weighted by molar-refractivity contribution is 5.43. The molecule has 2 rings (SSSR count). The van der Waals surface area contributed by atoms with Gasteiger partial charge in [-0.1, -0.05) is 6.07 Å². The van der Waals surface area contributed by atoms with Gasteiger partial charge in [0, 0.05) is 7.11 Å². The fourth-order valence-electron chi connectivity index (χ4n) is 2.33. The van der Waals surface area contributed by atoms with Crippen LogP contribution in [0, 0.1) is 0 Å². The molecule has 1 aromatic carbocycles. The van der Waals surface area contributed by atoms with Gasteiger partial charge in [0.05, 0.1) is 59.0 Å². The maximum atomic E-state index is 5.86. The molecule has 0 amide bonds. The van der Waals surface area contributed by atoms with Crippen LogP contribution >= 0.6 is 0 Å². The summed E-state index contributed by atoms with van der Waals surface area (Å²) < 4.78 is 38.9. The zero-order chi connectivity index (χ0) is 18.5. The van der Waals surface area contributed by atoms with Crippen LogP contribution < -0.4 is 9.47 Å². The van der Waals surface area contributed by atoms with E-state index in [0.29, 0.717) is 77.6 Å². The van der Waals surface area contributed by atoms with Gasteiger partial charge >= 0.3 is 0 Å². The van der Waals surface area contributed by atoms with Gasteiger partial charge in [-0.05, 0) is 24.6 Å². The molecular weight excluding hydrogens is 340 g/mol. The van der Waals surface area contributed by atoms with Gasteiger partial charge in [-0.15, -0.1) is 0 Å². The summed E-state index contributed by atoms with van der Waals surface area (Å²) >= 11 is 0. The molecule has 1 heterocycles. The summed E-state index contributed by atoms with van der Waals surface area (Å²) in [7, 11) is 1.68. The second kappa shape index (κ2) is 12.9. The molecule has 0 saturated carbocycles. The van der Waals surface area contributed by atoms with E-state index < -0.39 is 0 Å². The van der Waals surface area contributed by atoms with Crippen molar-refractivity contribution in [3.8, 4) is 11.5 Å². The molecule has 0 radical (unpaired) electrons. The summed E-state index contributed by atoms with van der Waals surface area (Å²) in [5.41, 5.74) is 1.03. The number of ether oxygens (including phenoxy) is 7. The van der Waals surface area contributed by atoms with Crippen LogP contribution in [0.3, 0.4) is 0 Å². The lowest BCUT2D eigenvalue weighted by atomic mass is 10.1. The molecule has 148 valence electrons. The van der Waals surface area contributed by atoms with Crippen molar-refractivity contribution >= 4 is 0 Å². The summed E-state index contributed by atoms with van der Waals surface area (Å²) in [5, 5.41) is 0. The molecule has 1 aliphatic rings. The Hall–Kier alpha value is -1.38. The van der Waals surface area contributed by atoms with E-state index >= 15 is 0 Å². The molecule has 1 unspecified atom stereocenters. The molecule has 0 aliphatic carbocycles. The van der Waals surface area contributed by atoms with Crippen molar-refractivity contribution in [1.82, 2.24) is 0 Å². The number of methoxy groups -OCH3 is 1. The summed E-state index contributed by atoms with van der Waals surface area (Å²) in [5.74, 6) is 1.36. The Kier molecular flexibility index (Phi) is 10.4. The molecule has 0 fully saturated rings. The minimum Gasteiger partial charge on any atom is -0.487 e. The molecule has 26 heavy (non-hydrogen) atoms. The Bertz CT molecular complexity index is 495. The summed E-state index contributed by atoms with van der Waals surface area (Å²) in [6.07, 6.45) is -0.0197. The highest BCUT2D eigenvalue weighted by atomic mass is 16.6. The lowest BCUT2D eigenvalue weighted by molar-refractivity contribution is -0.00843. The smallest absolute Gasteiger partial charge is 0.161 e. The van der Waals surface area contributed by atoms with Crippen molar-refractivity contribution < 1.29 is 33.2 Å². The first-order chi connectivity index (χ1) is 12.8. The molecule has 0 spiro atoms. The van der Waals surface area contributed by atoms with Crippen molar-refractivity contribution in [3.63, 3.8) is 0 Å². The third kappa shape index (κ3) is 7.88. The Balaban J connectivity index is 1.94.